The summed E-state index contributed by atoms with van der Waals surface area (Å²) < 4.78 is 0. The number of nitrogens with zero attached hydrogens (tertiary/aromatic N) is 2. The van der Waals surface area contributed by atoms with Gasteiger partial charge >= 0.3 is 0 Å². The standard InChI is InChI=1S/C18H21ClN2O3/c1-11-6-7-15-16(8-11)18(24)21(17(15)23)10-20(12(2)22)14-5-3-4-13(19)9-14/h3-5,9,11,15-16H,6-8,10H2,1-2H3. The van der Waals surface area contributed by atoms with E-state index in [1.54, 1.807) is 24.3 Å². The number of carbonyl (C=O) groups excluding carboxylic acids is 3. The molecule has 3 rings (SSSR count). The summed E-state index contributed by atoms with van der Waals surface area (Å²) >= 11 is 6.00. The highest BCUT2D eigenvalue weighted by molar-refractivity contribution is 6.30. The fourth-order valence-corrected chi connectivity index (χ4v) is 3.93. The van der Waals surface area contributed by atoms with E-state index in [-0.39, 0.29) is 36.2 Å². The molecule has 3 unspecified atom stereocenters. The number of hydrogen-bond donors (Lipinski definition) is 0. The Hall–Kier alpha value is -1.88. The van der Waals surface area contributed by atoms with Crippen molar-refractivity contribution < 1.29 is 14.4 Å². The van der Waals surface area contributed by atoms with Crippen LogP contribution < -0.4 is 4.90 Å². The molecule has 2 aliphatic rings. The Morgan fingerprint density at radius 3 is 2.62 bits per heavy atom. The molecule has 1 aromatic carbocycles. The molecule has 0 spiro atoms. The molecule has 0 aromatic heterocycles. The summed E-state index contributed by atoms with van der Waals surface area (Å²) in [4.78, 5) is 40.1. The number of imide groups is 1. The number of carbonyl (C=O) groups is 3. The molecule has 1 heterocycles. The second kappa shape index (κ2) is 6.55. The van der Waals surface area contributed by atoms with Crippen molar-refractivity contribution in [3.8, 4) is 0 Å². The maximum absolute atomic E-state index is 12.7. The van der Waals surface area contributed by atoms with E-state index in [9.17, 15) is 14.4 Å². The predicted octanol–water partition coefficient (Wildman–Crippen LogP) is 3.07. The van der Waals surface area contributed by atoms with Crippen molar-refractivity contribution in [3.63, 3.8) is 0 Å². The minimum absolute atomic E-state index is 0.0469. The van der Waals surface area contributed by atoms with E-state index in [1.807, 2.05) is 0 Å². The van der Waals surface area contributed by atoms with Gasteiger partial charge in [-0.05, 0) is 43.4 Å². The third kappa shape index (κ3) is 3.05. The van der Waals surface area contributed by atoms with Gasteiger partial charge in [-0.25, -0.2) is 0 Å². The van der Waals surface area contributed by atoms with Crippen molar-refractivity contribution in [2.75, 3.05) is 11.6 Å². The van der Waals surface area contributed by atoms with Crippen LogP contribution in [-0.2, 0) is 14.4 Å². The Bertz CT molecular complexity index is 691. The molecule has 6 heteroatoms. The molecule has 1 aliphatic carbocycles. The quantitative estimate of drug-likeness (QED) is 0.789. The zero-order valence-corrected chi connectivity index (χ0v) is 14.6. The van der Waals surface area contributed by atoms with Gasteiger partial charge in [-0.2, -0.15) is 0 Å². The molecule has 1 saturated carbocycles. The molecule has 128 valence electrons. The summed E-state index contributed by atoms with van der Waals surface area (Å²) in [7, 11) is 0. The molecule has 0 N–H and O–H groups in total. The first-order chi connectivity index (χ1) is 11.4. The molecule has 1 saturated heterocycles. The summed E-state index contributed by atoms with van der Waals surface area (Å²) in [6.45, 7) is 3.49. The van der Waals surface area contributed by atoms with Crippen LogP contribution in [0.4, 0.5) is 5.69 Å². The first-order valence-corrected chi connectivity index (χ1v) is 8.65. The average molecular weight is 349 g/mol. The number of amides is 3. The number of rotatable bonds is 3. The first-order valence-electron chi connectivity index (χ1n) is 8.27. The van der Waals surface area contributed by atoms with Crippen molar-refractivity contribution >= 4 is 35.0 Å². The second-order valence-electron chi connectivity index (χ2n) is 6.80. The lowest BCUT2D eigenvalue weighted by Crippen LogP contribution is -2.44. The van der Waals surface area contributed by atoms with Crippen LogP contribution in [0, 0.1) is 17.8 Å². The van der Waals surface area contributed by atoms with Crippen molar-refractivity contribution in [1.82, 2.24) is 4.90 Å². The lowest BCUT2D eigenvalue weighted by atomic mass is 9.76. The number of anilines is 1. The van der Waals surface area contributed by atoms with E-state index in [1.165, 1.54) is 16.7 Å². The van der Waals surface area contributed by atoms with Crippen LogP contribution in [0.2, 0.25) is 5.02 Å². The topological polar surface area (TPSA) is 57.7 Å². The first kappa shape index (κ1) is 17.0. The summed E-state index contributed by atoms with van der Waals surface area (Å²) in [5.41, 5.74) is 0.582. The van der Waals surface area contributed by atoms with Gasteiger partial charge in [0.1, 0.15) is 6.67 Å². The van der Waals surface area contributed by atoms with Crippen LogP contribution in [0.5, 0.6) is 0 Å². The van der Waals surface area contributed by atoms with Gasteiger partial charge in [0.25, 0.3) is 0 Å². The molecule has 24 heavy (non-hydrogen) atoms. The summed E-state index contributed by atoms with van der Waals surface area (Å²) in [6, 6.07) is 6.85. The molecule has 3 atom stereocenters. The highest BCUT2D eigenvalue weighted by atomic mass is 35.5. The van der Waals surface area contributed by atoms with Crippen LogP contribution >= 0.6 is 11.6 Å². The fraction of sp³-hybridized carbons (Fsp3) is 0.500. The van der Waals surface area contributed by atoms with Crippen LogP contribution in [0.25, 0.3) is 0 Å². The highest BCUT2D eigenvalue weighted by Crippen LogP contribution is 2.40. The Balaban J connectivity index is 1.84. The van der Waals surface area contributed by atoms with Crippen molar-refractivity contribution in [3.05, 3.63) is 29.3 Å². The van der Waals surface area contributed by atoms with Crippen LogP contribution in [0.3, 0.4) is 0 Å². The Labute approximate surface area is 146 Å². The van der Waals surface area contributed by atoms with Gasteiger partial charge in [-0.15, -0.1) is 0 Å². The molecule has 5 nitrogen and oxygen atoms in total. The van der Waals surface area contributed by atoms with Gasteiger partial charge in [-0.3, -0.25) is 24.2 Å². The van der Waals surface area contributed by atoms with Gasteiger partial charge in [-0.1, -0.05) is 24.6 Å². The molecule has 0 bridgehead atoms. The number of halogens is 1. The van der Waals surface area contributed by atoms with Crippen LogP contribution in [0.1, 0.15) is 33.1 Å². The minimum Gasteiger partial charge on any atom is -0.294 e. The maximum Gasteiger partial charge on any atom is 0.234 e. The smallest absolute Gasteiger partial charge is 0.234 e. The highest BCUT2D eigenvalue weighted by Gasteiger charge is 2.49. The van der Waals surface area contributed by atoms with Crippen molar-refractivity contribution in [2.24, 2.45) is 17.8 Å². The van der Waals surface area contributed by atoms with E-state index in [0.29, 0.717) is 16.6 Å². The lowest BCUT2D eigenvalue weighted by Gasteiger charge is -2.26. The van der Waals surface area contributed by atoms with Gasteiger partial charge < -0.3 is 0 Å². The average Bonchev–Trinajstić information content (AvgIpc) is 2.76. The zero-order chi connectivity index (χ0) is 17.4. The minimum atomic E-state index is -0.235. The molecular weight excluding hydrogens is 328 g/mol. The number of likely N-dealkylation sites (tertiary alicyclic amines) is 1. The Morgan fingerprint density at radius 2 is 1.96 bits per heavy atom. The number of fused-ring (bicyclic) bond motifs is 1. The molecule has 0 radical (unpaired) electrons. The third-order valence-corrected chi connectivity index (χ3v) is 5.30. The number of hydrogen-bond acceptors (Lipinski definition) is 3. The summed E-state index contributed by atoms with van der Waals surface area (Å²) in [5, 5.41) is 0.500. The summed E-state index contributed by atoms with van der Waals surface area (Å²) in [6.07, 6.45) is 2.48. The van der Waals surface area contributed by atoms with E-state index in [0.717, 1.165) is 19.3 Å². The zero-order valence-electron chi connectivity index (χ0n) is 13.9. The van der Waals surface area contributed by atoms with Gasteiger partial charge in [0.2, 0.25) is 17.7 Å². The fourth-order valence-electron chi connectivity index (χ4n) is 3.75. The second-order valence-corrected chi connectivity index (χ2v) is 7.24. The predicted molar refractivity (Wildman–Crippen MR) is 91.3 cm³/mol. The largest absolute Gasteiger partial charge is 0.294 e. The van der Waals surface area contributed by atoms with E-state index in [2.05, 4.69) is 6.92 Å². The van der Waals surface area contributed by atoms with E-state index >= 15 is 0 Å². The molecular formula is C18H21ClN2O3. The van der Waals surface area contributed by atoms with Gasteiger partial charge in [0.15, 0.2) is 0 Å². The van der Waals surface area contributed by atoms with Crippen LogP contribution in [0.15, 0.2) is 24.3 Å². The SMILES string of the molecule is CC(=O)N(CN1C(=O)C2CCC(C)CC2C1=O)c1cccc(Cl)c1. The monoisotopic (exact) mass is 348 g/mol. The third-order valence-electron chi connectivity index (χ3n) is 5.06. The lowest BCUT2D eigenvalue weighted by molar-refractivity contribution is -0.140. The molecule has 1 aliphatic heterocycles. The molecule has 2 fully saturated rings. The maximum atomic E-state index is 12.7. The Kier molecular flexibility index (Phi) is 4.63. The molecule has 1 aromatic rings. The Morgan fingerprint density at radius 1 is 1.25 bits per heavy atom. The molecule has 3 amide bonds. The van der Waals surface area contributed by atoms with Gasteiger partial charge in [0, 0.05) is 17.6 Å². The van der Waals surface area contributed by atoms with E-state index < -0.39 is 0 Å². The van der Waals surface area contributed by atoms with Crippen molar-refractivity contribution in [2.45, 2.75) is 33.1 Å². The normalized spacial score (nSPS) is 26.5. The summed E-state index contributed by atoms with van der Waals surface area (Å²) in [5.74, 6) is -0.521. The van der Waals surface area contributed by atoms with Gasteiger partial charge in [0.05, 0.1) is 11.8 Å². The van der Waals surface area contributed by atoms with Crippen LogP contribution in [-0.4, -0.2) is 29.3 Å². The van der Waals surface area contributed by atoms with E-state index in [4.69, 9.17) is 11.6 Å². The number of benzene rings is 1. The van der Waals surface area contributed by atoms with Crippen molar-refractivity contribution in [1.29, 1.82) is 0 Å².